The average molecular weight is 1050 g/mol. The number of benzene rings is 15. The first-order valence-corrected chi connectivity index (χ1v) is 28.5. The second-order valence-electron chi connectivity index (χ2n) is 22.3. The molecule has 5 nitrogen and oxygen atoms in total. The van der Waals surface area contributed by atoms with Crippen molar-refractivity contribution in [1.82, 2.24) is 15.0 Å². The Morgan fingerprint density at radius 1 is 0.277 bits per heavy atom. The van der Waals surface area contributed by atoms with E-state index >= 15 is 0 Å². The van der Waals surface area contributed by atoms with Gasteiger partial charge in [-0.1, -0.05) is 218 Å². The number of hydrogen-bond donors (Lipinski definition) is 0. The summed E-state index contributed by atoms with van der Waals surface area (Å²) in [6, 6.07) is 99.7. The zero-order valence-corrected chi connectivity index (χ0v) is 44.9. The minimum Gasteiger partial charge on any atom is -0.311 e. The van der Waals surface area contributed by atoms with Gasteiger partial charge in [0.05, 0.1) is 0 Å². The van der Waals surface area contributed by atoms with Gasteiger partial charge in [0.2, 0.25) is 0 Å². The van der Waals surface area contributed by atoms with Gasteiger partial charge in [-0.3, -0.25) is 0 Å². The summed E-state index contributed by atoms with van der Waals surface area (Å²) in [5.41, 5.74) is 20.3. The van der Waals surface area contributed by atoms with Crippen LogP contribution in [0.25, 0.3) is 121 Å². The molecule has 0 amide bonds. The van der Waals surface area contributed by atoms with Crippen LogP contribution >= 0.6 is 0 Å². The Kier molecular flexibility index (Phi) is 9.83. The van der Waals surface area contributed by atoms with Crippen molar-refractivity contribution in [2.75, 3.05) is 9.80 Å². The van der Waals surface area contributed by atoms with Crippen molar-refractivity contribution < 1.29 is 0 Å². The maximum atomic E-state index is 4.96. The molecule has 0 aliphatic carbocycles. The van der Waals surface area contributed by atoms with E-state index in [-0.39, 0.29) is 6.71 Å². The second-order valence-corrected chi connectivity index (χ2v) is 22.3. The lowest BCUT2D eigenvalue weighted by atomic mass is 9.33. The normalized spacial score (nSPS) is 12.7. The first-order valence-electron chi connectivity index (χ1n) is 28.5. The smallest absolute Gasteiger partial charge is 0.252 e. The van der Waals surface area contributed by atoms with Crippen LogP contribution in [0.4, 0.5) is 34.1 Å². The quantitative estimate of drug-likeness (QED) is 0.118. The van der Waals surface area contributed by atoms with E-state index in [2.05, 4.69) is 282 Å². The molecule has 0 N–H and O–H groups in total. The fourth-order valence-electron chi connectivity index (χ4n) is 14.3. The van der Waals surface area contributed by atoms with Gasteiger partial charge in [-0.2, -0.15) is 0 Å². The van der Waals surface area contributed by atoms with Gasteiger partial charge in [0.15, 0.2) is 5.82 Å². The van der Waals surface area contributed by atoms with E-state index < -0.39 is 0 Å². The fourth-order valence-corrected chi connectivity index (χ4v) is 14.3. The first-order chi connectivity index (χ1) is 41.1. The number of nitrogens with zero attached hydrogens (tertiary/aromatic N) is 5. The molecule has 2 aliphatic heterocycles. The van der Waals surface area contributed by atoms with E-state index in [1.807, 2.05) is 0 Å². The highest BCUT2D eigenvalue weighted by molar-refractivity contribution is 7.01. The number of anilines is 6. The van der Waals surface area contributed by atoms with Crippen molar-refractivity contribution in [2.24, 2.45) is 0 Å². The molecule has 83 heavy (non-hydrogen) atoms. The molecule has 0 atom stereocenters. The first kappa shape index (κ1) is 45.9. The monoisotopic (exact) mass is 1050 g/mol. The summed E-state index contributed by atoms with van der Waals surface area (Å²) >= 11 is 0. The molecule has 16 aromatic rings. The maximum Gasteiger partial charge on any atom is 0.252 e. The Labute approximate surface area is 479 Å². The highest BCUT2D eigenvalue weighted by Gasteiger charge is 2.46. The molecular weight excluding hydrogens is 1010 g/mol. The molecule has 0 spiro atoms. The van der Waals surface area contributed by atoms with E-state index in [1.54, 1.807) is 12.7 Å². The van der Waals surface area contributed by atoms with Crippen LogP contribution in [-0.4, -0.2) is 21.7 Å². The number of rotatable bonds is 7. The van der Waals surface area contributed by atoms with Gasteiger partial charge in [0, 0.05) is 50.5 Å². The van der Waals surface area contributed by atoms with Crippen LogP contribution < -0.4 is 26.2 Å². The van der Waals surface area contributed by atoms with Crippen molar-refractivity contribution in [2.45, 2.75) is 0 Å². The summed E-state index contributed by atoms with van der Waals surface area (Å²) < 4.78 is 0. The summed E-state index contributed by atoms with van der Waals surface area (Å²) in [6.07, 6.45) is 3.24. The molecule has 3 heterocycles. The summed E-state index contributed by atoms with van der Waals surface area (Å²) in [5.74, 6) is 0.601. The standard InChI is InChI=1S/C77H46BN5/c1-5-15-47(16-6-1)57-35-58(48-17-7-2-8-18-48)38-62(37-57)82-68-43-61(77-80-45-79-46-81-77)44-69-74(68)78(66-41-55-29-27-51-23-13-25-53-31-33-64(75(66)82)72(55)70(51)53)67-42-56-30-28-52-24-14-26-54-32-34-65(73(56)71(52)54)76(67)83(69)63-39-59(49-19-9-3-10-20-49)36-60(40-63)50-21-11-4-12-22-50/h1-46H. The Bertz CT molecular complexity index is 4810. The number of fused-ring (bicyclic) bond motifs is 6. The summed E-state index contributed by atoms with van der Waals surface area (Å²) in [7, 11) is 0. The van der Waals surface area contributed by atoms with Crippen molar-refractivity contribution in [1.29, 1.82) is 0 Å². The molecule has 0 unspecified atom stereocenters. The fraction of sp³-hybridized carbons (Fsp3) is 0. The predicted octanol–water partition coefficient (Wildman–Crippen LogP) is 18.1. The molecule has 6 heteroatoms. The van der Waals surface area contributed by atoms with Crippen LogP contribution in [0.2, 0.25) is 0 Å². The maximum absolute atomic E-state index is 4.96. The molecular formula is C77H46BN5. The van der Waals surface area contributed by atoms with Crippen molar-refractivity contribution in [3.8, 4) is 55.9 Å². The zero-order chi connectivity index (χ0) is 54.3. The molecule has 1 aromatic heterocycles. The lowest BCUT2D eigenvalue weighted by molar-refractivity contribution is 1.06. The van der Waals surface area contributed by atoms with Crippen molar-refractivity contribution in [3.05, 3.63) is 280 Å². The summed E-state index contributed by atoms with van der Waals surface area (Å²) in [6.45, 7) is -0.217. The van der Waals surface area contributed by atoms with Gasteiger partial charge in [0.25, 0.3) is 6.71 Å². The van der Waals surface area contributed by atoms with E-state index in [1.165, 1.54) is 81.0 Å². The zero-order valence-electron chi connectivity index (χ0n) is 44.9. The molecule has 382 valence electrons. The molecule has 15 aromatic carbocycles. The molecule has 0 saturated carbocycles. The van der Waals surface area contributed by atoms with Crippen molar-refractivity contribution >= 4 is 122 Å². The molecule has 2 aliphatic rings. The van der Waals surface area contributed by atoms with Gasteiger partial charge in [-0.05, 0) is 163 Å². The SMILES string of the molecule is c1ccc(-c2cc(-c3ccccc3)cc(N3c4cc(-c5ncncn5)cc5c4B(c4cc6ccc7cccc8ccc(c43)c6c78)c3cc4ccc6cccc7ccc(c3N5c3cc(-c5ccccc5)cc(-c5ccccc5)c3)c4c67)c2)cc1. The van der Waals surface area contributed by atoms with Gasteiger partial charge in [-0.15, -0.1) is 0 Å². The van der Waals surface area contributed by atoms with Crippen LogP contribution in [0.5, 0.6) is 0 Å². The summed E-state index contributed by atoms with van der Waals surface area (Å²) in [4.78, 5) is 19.5. The Morgan fingerprint density at radius 2 is 0.639 bits per heavy atom. The van der Waals surface area contributed by atoms with Crippen LogP contribution in [0, 0.1) is 0 Å². The third kappa shape index (κ3) is 6.93. The minimum absolute atomic E-state index is 0.217. The Hall–Kier alpha value is -10.9. The van der Waals surface area contributed by atoms with Crippen LogP contribution in [0.3, 0.4) is 0 Å². The van der Waals surface area contributed by atoms with E-state index in [0.717, 1.165) is 84.2 Å². The summed E-state index contributed by atoms with van der Waals surface area (Å²) in [5, 5.41) is 14.9. The Morgan fingerprint density at radius 3 is 1.02 bits per heavy atom. The highest BCUT2D eigenvalue weighted by Crippen LogP contribution is 2.53. The topological polar surface area (TPSA) is 45.2 Å². The lowest BCUT2D eigenvalue weighted by Gasteiger charge is -2.45. The highest BCUT2D eigenvalue weighted by atomic mass is 15.2. The van der Waals surface area contributed by atoms with E-state index in [4.69, 9.17) is 9.97 Å². The molecule has 0 saturated heterocycles. The van der Waals surface area contributed by atoms with Gasteiger partial charge in [-0.25, -0.2) is 15.0 Å². The van der Waals surface area contributed by atoms with Gasteiger partial charge < -0.3 is 9.80 Å². The van der Waals surface area contributed by atoms with Crippen LogP contribution in [-0.2, 0) is 0 Å². The molecule has 0 bridgehead atoms. The second kappa shape index (κ2) is 17.8. The lowest BCUT2D eigenvalue weighted by Crippen LogP contribution is -2.61. The van der Waals surface area contributed by atoms with E-state index in [9.17, 15) is 0 Å². The van der Waals surface area contributed by atoms with Crippen LogP contribution in [0.1, 0.15) is 0 Å². The third-order valence-electron chi connectivity index (χ3n) is 17.8. The molecule has 0 fully saturated rings. The van der Waals surface area contributed by atoms with Gasteiger partial charge >= 0.3 is 0 Å². The van der Waals surface area contributed by atoms with E-state index in [0.29, 0.717) is 5.82 Å². The number of hydrogen-bond acceptors (Lipinski definition) is 5. The molecule has 18 rings (SSSR count). The van der Waals surface area contributed by atoms with Gasteiger partial charge in [0.1, 0.15) is 12.7 Å². The van der Waals surface area contributed by atoms with Crippen molar-refractivity contribution in [3.63, 3.8) is 0 Å². The minimum atomic E-state index is -0.217. The third-order valence-corrected chi connectivity index (χ3v) is 17.8. The number of aromatic nitrogens is 3. The molecule has 0 radical (unpaired) electrons. The van der Waals surface area contributed by atoms with Crippen LogP contribution in [0.15, 0.2) is 280 Å². The predicted molar refractivity (Wildman–Crippen MR) is 348 cm³/mol. The average Bonchev–Trinajstić information content (AvgIpc) is 0.871. The largest absolute Gasteiger partial charge is 0.311 e. The Balaban J connectivity index is 1.04.